The summed E-state index contributed by atoms with van der Waals surface area (Å²) in [5, 5.41) is 6.90. The van der Waals surface area contributed by atoms with Gasteiger partial charge in [-0.3, -0.25) is 4.40 Å². The van der Waals surface area contributed by atoms with Crippen molar-refractivity contribution >= 4 is 17.3 Å². The number of hydrogen-bond donors (Lipinski definition) is 2. The smallest absolute Gasteiger partial charge is 0.155 e. The van der Waals surface area contributed by atoms with Crippen molar-refractivity contribution in [3.8, 4) is 11.4 Å². The molecule has 5 heterocycles. The van der Waals surface area contributed by atoms with Crippen molar-refractivity contribution in [2.75, 3.05) is 36.4 Å². The highest BCUT2D eigenvalue weighted by molar-refractivity contribution is 5.62. The number of hydrogen-bond acceptors (Lipinski definition) is 6. The van der Waals surface area contributed by atoms with Gasteiger partial charge in [0.25, 0.3) is 0 Å². The van der Waals surface area contributed by atoms with E-state index in [1.807, 2.05) is 24.5 Å². The lowest BCUT2D eigenvalue weighted by Gasteiger charge is -2.16. The highest BCUT2D eigenvalue weighted by atomic mass is 15.2. The number of imidazole rings is 1. The van der Waals surface area contributed by atoms with Crippen LogP contribution in [0.15, 0.2) is 36.8 Å². The van der Waals surface area contributed by atoms with Crippen LogP contribution >= 0.6 is 0 Å². The average Bonchev–Trinajstić information content (AvgIpc) is 3.43. The largest absolute Gasteiger partial charge is 0.366 e. The Morgan fingerprint density at radius 2 is 2.04 bits per heavy atom. The maximum absolute atomic E-state index is 4.82. The highest BCUT2D eigenvalue weighted by Crippen LogP contribution is 2.24. The molecule has 3 aromatic rings. The number of nitrogens with one attached hydrogen (secondary N) is 2. The van der Waals surface area contributed by atoms with Crippen LogP contribution in [0, 0.1) is 0 Å². The van der Waals surface area contributed by atoms with Crippen molar-refractivity contribution < 1.29 is 0 Å². The van der Waals surface area contributed by atoms with E-state index in [2.05, 4.69) is 42.2 Å². The average molecular weight is 349 g/mol. The zero-order valence-corrected chi connectivity index (χ0v) is 14.7. The van der Waals surface area contributed by atoms with Crippen LogP contribution in [0.5, 0.6) is 0 Å². The fraction of sp³-hybridized carbons (Fsp3) is 0.421. The van der Waals surface area contributed by atoms with Crippen molar-refractivity contribution in [2.45, 2.75) is 25.3 Å². The third-order valence-electron chi connectivity index (χ3n) is 5.24. The molecule has 0 amide bonds. The first-order valence-electron chi connectivity index (χ1n) is 9.39. The predicted molar refractivity (Wildman–Crippen MR) is 103 cm³/mol. The summed E-state index contributed by atoms with van der Waals surface area (Å²) in [6, 6.07) is 6.57. The lowest BCUT2D eigenvalue weighted by molar-refractivity contribution is 0.788. The van der Waals surface area contributed by atoms with Gasteiger partial charge in [-0.15, -0.1) is 0 Å². The molecule has 0 saturated carbocycles. The maximum atomic E-state index is 4.82. The summed E-state index contributed by atoms with van der Waals surface area (Å²) in [6.07, 6.45) is 9.43. The number of fused-ring (bicyclic) bond motifs is 1. The first-order valence-corrected chi connectivity index (χ1v) is 9.39. The zero-order valence-electron chi connectivity index (χ0n) is 14.7. The maximum Gasteiger partial charge on any atom is 0.155 e. The second-order valence-electron chi connectivity index (χ2n) is 7.05. The van der Waals surface area contributed by atoms with Crippen molar-refractivity contribution in [1.29, 1.82) is 0 Å². The van der Waals surface area contributed by atoms with Gasteiger partial charge in [-0.05, 0) is 37.9 Å². The Kier molecular flexibility index (Phi) is 3.93. The highest BCUT2D eigenvalue weighted by Gasteiger charge is 2.17. The quantitative estimate of drug-likeness (QED) is 0.752. The molecule has 5 rings (SSSR count). The van der Waals surface area contributed by atoms with Gasteiger partial charge in [0.1, 0.15) is 11.6 Å². The van der Waals surface area contributed by atoms with Crippen molar-refractivity contribution in [3.05, 3.63) is 36.8 Å². The molecule has 2 saturated heterocycles. The SMILES string of the molecule is c1cc(N[C@@H]2CCNC2)nc(-c2cnc3cnc(N4CCCC4)cn23)c1. The summed E-state index contributed by atoms with van der Waals surface area (Å²) in [7, 11) is 0. The van der Waals surface area contributed by atoms with Gasteiger partial charge in [-0.2, -0.15) is 0 Å². The third kappa shape index (κ3) is 2.88. The zero-order chi connectivity index (χ0) is 17.3. The molecule has 0 spiro atoms. The monoisotopic (exact) mass is 349 g/mol. The molecule has 0 radical (unpaired) electrons. The molecule has 7 heteroatoms. The Morgan fingerprint density at radius 3 is 2.88 bits per heavy atom. The van der Waals surface area contributed by atoms with Crippen molar-refractivity contribution in [1.82, 2.24) is 24.7 Å². The normalized spacial score (nSPS) is 20.2. The van der Waals surface area contributed by atoms with E-state index in [0.29, 0.717) is 6.04 Å². The van der Waals surface area contributed by atoms with Crippen LogP contribution < -0.4 is 15.5 Å². The summed E-state index contributed by atoms with van der Waals surface area (Å²) in [6.45, 7) is 4.22. The van der Waals surface area contributed by atoms with Crippen LogP contribution in [0.25, 0.3) is 17.0 Å². The van der Waals surface area contributed by atoms with Gasteiger partial charge in [0.2, 0.25) is 0 Å². The Morgan fingerprint density at radius 1 is 1.12 bits per heavy atom. The number of nitrogens with zero attached hydrogens (tertiary/aromatic N) is 5. The van der Waals surface area contributed by atoms with Crippen LogP contribution in [0.2, 0.25) is 0 Å². The molecule has 0 bridgehead atoms. The minimum absolute atomic E-state index is 0.450. The minimum Gasteiger partial charge on any atom is -0.366 e. The third-order valence-corrected chi connectivity index (χ3v) is 5.24. The molecular formula is C19H23N7. The predicted octanol–water partition coefficient (Wildman–Crippen LogP) is 2.17. The molecule has 2 aliphatic rings. The van der Waals surface area contributed by atoms with Crippen LogP contribution in [-0.4, -0.2) is 51.6 Å². The van der Waals surface area contributed by atoms with Crippen LogP contribution in [-0.2, 0) is 0 Å². The topological polar surface area (TPSA) is 70.4 Å². The molecule has 3 aromatic heterocycles. The van der Waals surface area contributed by atoms with Crippen LogP contribution in [0.1, 0.15) is 19.3 Å². The number of pyridine rings is 1. The Hall–Kier alpha value is -2.67. The molecule has 26 heavy (non-hydrogen) atoms. The lowest BCUT2D eigenvalue weighted by atomic mass is 10.2. The van der Waals surface area contributed by atoms with Crippen molar-refractivity contribution in [3.63, 3.8) is 0 Å². The molecule has 134 valence electrons. The molecule has 2 aliphatic heterocycles. The minimum atomic E-state index is 0.450. The van der Waals surface area contributed by atoms with Gasteiger partial charge in [-0.25, -0.2) is 15.0 Å². The van der Waals surface area contributed by atoms with Gasteiger partial charge < -0.3 is 15.5 Å². The van der Waals surface area contributed by atoms with E-state index >= 15 is 0 Å². The number of rotatable bonds is 4. The summed E-state index contributed by atoms with van der Waals surface area (Å²) in [5.74, 6) is 1.93. The Labute approximate surface area is 152 Å². The summed E-state index contributed by atoms with van der Waals surface area (Å²) < 4.78 is 2.10. The van der Waals surface area contributed by atoms with Crippen LogP contribution in [0.4, 0.5) is 11.6 Å². The van der Waals surface area contributed by atoms with E-state index in [4.69, 9.17) is 4.98 Å². The van der Waals surface area contributed by atoms with Gasteiger partial charge >= 0.3 is 0 Å². The first-order chi connectivity index (χ1) is 12.9. The van der Waals surface area contributed by atoms with E-state index in [0.717, 1.165) is 61.3 Å². The summed E-state index contributed by atoms with van der Waals surface area (Å²) in [4.78, 5) is 16.2. The van der Waals surface area contributed by atoms with Gasteiger partial charge in [-0.1, -0.05) is 6.07 Å². The summed E-state index contributed by atoms with van der Waals surface area (Å²) in [5.41, 5.74) is 2.77. The molecular weight excluding hydrogens is 326 g/mol. The molecule has 2 fully saturated rings. The molecule has 2 N–H and O–H groups in total. The standard InChI is InChI=1S/C19H23N7/c1-2-9-25(8-1)19-13-26-16(11-21-18(26)12-22-19)15-4-3-5-17(24-15)23-14-6-7-20-10-14/h3-5,11-14,20H,1-2,6-10H2,(H,23,24)/t14-/m1/s1. The van der Waals surface area contributed by atoms with Crippen LogP contribution in [0.3, 0.4) is 0 Å². The summed E-state index contributed by atoms with van der Waals surface area (Å²) >= 11 is 0. The molecule has 7 nitrogen and oxygen atoms in total. The van der Waals surface area contributed by atoms with Gasteiger partial charge in [0.15, 0.2) is 5.65 Å². The Bertz CT molecular complexity index is 907. The van der Waals surface area contributed by atoms with Crippen molar-refractivity contribution in [2.24, 2.45) is 0 Å². The van der Waals surface area contributed by atoms with E-state index in [1.165, 1.54) is 12.8 Å². The molecule has 0 aliphatic carbocycles. The second-order valence-corrected chi connectivity index (χ2v) is 7.05. The van der Waals surface area contributed by atoms with Gasteiger partial charge in [0, 0.05) is 25.7 Å². The molecule has 1 atom stereocenters. The van der Waals surface area contributed by atoms with E-state index in [1.54, 1.807) is 0 Å². The molecule has 0 aromatic carbocycles. The van der Waals surface area contributed by atoms with Gasteiger partial charge in [0.05, 0.1) is 30.0 Å². The second kappa shape index (κ2) is 6.57. The fourth-order valence-electron chi connectivity index (χ4n) is 3.82. The van der Waals surface area contributed by atoms with E-state index < -0.39 is 0 Å². The van der Waals surface area contributed by atoms with E-state index in [-0.39, 0.29) is 0 Å². The number of aromatic nitrogens is 4. The molecule has 0 unspecified atom stereocenters. The Balaban J connectivity index is 1.48. The fourth-order valence-corrected chi connectivity index (χ4v) is 3.82. The number of anilines is 2. The first kappa shape index (κ1) is 15.6. The lowest BCUT2D eigenvalue weighted by Crippen LogP contribution is -2.22. The van der Waals surface area contributed by atoms with E-state index in [9.17, 15) is 0 Å².